The Morgan fingerprint density at radius 2 is 1.96 bits per heavy atom. The number of ether oxygens (including phenoxy) is 1. The molecule has 0 unspecified atom stereocenters. The van der Waals surface area contributed by atoms with E-state index in [-0.39, 0.29) is 22.7 Å². The normalized spacial score (nSPS) is 17.2. The number of hydrogen-bond donors (Lipinski definition) is 1. The van der Waals surface area contributed by atoms with Crippen molar-refractivity contribution in [3.05, 3.63) is 58.5 Å². The summed E-state index contributed by atoms with van der Waals surface area (Å²) in [5.74, 6) is -2.14. The fourth-order valence-electron chi connectivity index (χ4n) is 2.96. The number of amides is 2. The number of aryl methyl sites for hydroxylation is 1. The van der Waals surface area contributed by atoms with Crippen molar-refractivity contribution in [2.24, 2.45) is 0 Å². The van der Waals surface area contributed by atoms with Crippen molar-refractivity contribution in [1.29, 1.82) is 0 Å². The van der Waals surface area contributed by atoms with E-state index in [1.165, 1.54) is 17.0 Å². The van der Waals surface area contributed by atoms with Gasteiger partial charge in [0.2, 0.25) is 0 Å². The molecule has 0 aliphatic carbocycles. The lowest BCUT2D eigenvalue weighted by Gasteiger charge is -2.34. The molecular weight excluding hydrogens is 372 g/mol. The summed E-state index contributed by atoms with van der Waals surface area (Å²) in [6.45, 7) is 6.57. The average Bonchev–Trinajstić information content (AvgIpc) is 3.02. The zero-order valence-electron chi connectivity index (χ0n) is 15.7. The van der Waals surface area contributed by atoms with Crippen molar-refractivity contribution in [1.82, 2.24) is 10.5 Å². The van der Waals surface area contributed by atoms with Gasteiger partial charge in [-0.05, 0) is 45.4 Å². The molecular formula is C19H19F2N3O4. The first-order chi connectivity index (χ1) is 13.2. The molecule has 2 amide bonds. The van der Waals surface area contributed by atoms with Gasteiger partial charge < -0.3 is 14.6 Å². The van der Waals surface area contributed by atoms with E-state index in [1.54, 1.807) is 27.7 Å². The van der Waals surface area contributed by atoms with Crippen LogP contribution in [0.1, 0.15) is 38.1 Å². The molecule has 9 heteroatoms. The van der Waals surface area contributed by atoms with Crippen LogP contribution in [0.5, 0.6) is 0 Å². The number of aromatic nitrogens is 1. The molecule has 0 bridgehead atoms. The van der Waals surface area contributed by atoms with E-state index in [9.17, 15) is 18.4 Å². The van der Waals surface area contributed by atoms with Crippen molar-refractivity contribution < 1.29 is 27.6 Å². The van der Waals surface area contributed by atoms with E-state index in [1.807, 2.05) is 0 Å². The molecule has 1 N–H and O–H groups in total. The summed E-state index contributed by atoms with van der Waals surface area (Å²) in [6, 6.07) is 3.10. The highest BCUT2D eigenvalue weighted by Gasteiger charge is 2.38. The molecule has 1 aromatic heterocycles. The van der Waals surface area contributed by atoms with E-state index >= 15 is 0 Å². The SMILES string of the molecule is CC1=C(C(=O)OC(C)C)[C@@H](c2ccc(F)c(F)c2)NC(=O)N1c1cc(C)on1. The van der Waals surface area contributed by atoms with Crippen molar-refractivity contribution in [2.75, 3.05) is 4.90 Å². The Hall–Kier alpha value is -3.23. The fourth-order valence-corrected chi connectivity index (χ4v) is 2.96. The molecule has 3 rings (SSSR count). The van der Waals surface area contributed by atoms with Crippen LogP contribution in [-0.2, 0) is 9.53 Å². The lowest BCUT2D eigenvalue weighted by molar-refractivity contribution is -0.143. The smallest absolute Gasteiger partial charge is 0.338 e. The third kappa shape index (κ3) is 3.60. The molecule has 0 spiro atoms. The number of anilines is 1. The molecule has 2 aromatic rings. The van der Waals surface area contributed by atoms with Gasteiger partial charge in [0.05, 0.1) is 17.7 Å². The van der Waals surface area contributed by atoms with Crippen LogP contribution in [0.15, 0.2) is 40.1 Å². The van der Waals surface area contributed by atoms with Crippen molar-refractivity contribution in [2.45, 2.75) is 39.8 Å². The Morgan fingerprint density at radius 1 is 1.25 bits per heavy atom. The van der Waals surface area contributed by atoms with Crippen LogP contribution in [-0.4, -0.2) is 23.3 Å². The predicted octanol–water partition coefficient (Wildman–Crippen LogP) is 3.76. The molecule has 0 fully saturated rings. The molecule has 1 aliphatic rings. The lowest BCUT2D eigenvalue weighted by atomic mass is 9.94. The van der Waals surface area contributed by atoms with E-state index in [4.69, 9.17) is 9.26 Å². The number of urea groups is 1. The van der Waals surface area contributed by atoms with Gasteiger partial charge in [0.1, 0.15) is 5.76 Å². The number of esters is 1. The Kier molecular flexibility index (Phi) is 5.17. The van der Waals surface area contributed by atoms with Gasteiger partial charge in [0.25, 0.3) is 0 Å². The lowest BCUT2D eigenvalue weighted by Crippen LogP contribution is -2.48. The molecule has 0 radical (unpaired) electrons. The van der Waals surface area contributed by atoms with E-state index < -0.39 is 35.8 Å². The number of benzene rings is 1. The minimum atomic E-state index is -1.09. The second kappa shape index (κ2) is 7.41. The van der Waals surface area contributed by atoms with Crippen molar-refractivity contribution in [3.63, 3.8) is 0 Å². The molecule has 0 saturated carbocycles. The zero-order valence-corrected chi connectivity index (χ0v) is 15.7. The topological polar surface area (TPSA) is 84.7 Å². The maximum atomic E-state index is 13.8. The zero-order chi connectivity index (χ0) is 20.6. The molecule has 7 nitrogen and oxygen atoms in total. The third-order valence-corrected chi connectivity index (χ3v) is 4.17. The van der Waals surface area contributed by atoms with Gasteiger partial charge in [-0.3, -0.25) is 0 Å². The van der Waals surface area contributed by atoms with Gasteiger partial charge in [-0.2, -0.15) is 0 Å². The maximum Gasteiger partial charge on any atom is 0.338 e. The third-order valence-electron chi connectivity index (χ3n) is 4.17. The predicted molar refractivity (Wildman–Crippen MR) is 95.3 cm³/mol. The van der Waals surface area contributed by atoms with E-state index in [0.717, 1.165) is 12.1 Å². The van der Waals surface area contributed by atoms with Gasteiger partial charge in [-0.25, -0.2) is 23.3 Å². The first-order valence-corrected chi connectivity index (χ1v) is 8.59. The monoisotopic (exact) mass is 391 g/mol. The minimum absolute atomic E-state index is 0.0833. The van der Waals surface area contributed by atoms with Crippen LogP contribution in [0.3, 0.4) is 0 Å². The first-order valence-electron chi connectivity index (χ1n) is 8.59. The quantitative estimate of drug-likeness (QED) is 0.803. The molecule has 1 aromatic carbocycles. The summed E-state index contributed by atoms with van der Waals surface area (Å²) < 4.78 is 37.4. The molecule has 0 saturated heterocycles. The molecule has 148 valence electrons. The Labute approximate surface area is 159 Å². The van der Waals surface area contributed by atoms with Crippen LogP contribution >= 0.6 is 0 Å². The van der Waals surface area contributed by atoms with Crippen LogP contribution in [0, 0.1) is 18.6 Å². The maximum absolute atomic E-state index is 13.8. The van der Waals surface area contributed by atoms with Crippen LogP contribution in [0.2, 0.25) is 0 Å². The second-order valence-electron chi connectivity index (χ2n) is 6.64. The summed E-state index contributed by atoms with van der Waals surface area (Å²) in [5, 5.41) is 6.44. The fraction of sp³-hybridized carbons (Fsp3) is 0.316. The summed E-state index contributed by atoms with van der Waals surface area (Å²) >= 11 is 0. The number of hydrogen-bond acceptors (Lipinski definition) is 5. The number of carbonyl (C=O) groups excluding carboxylic acids is 2. The Morgan fingerprint density at radius 3 is 2.54 bits per heavy atom. The van der Waals surface area contributed by atoms with Crippen LogP contribution < -0.4 is 10.2 Å². The number of rotatable bonds is 4. The Balaban J connectivity index is 2.13. The summed E-state index contributed by atoms with van der Waals surface area (Å²) in [7, 11) is 0. The number of nitrogens with zero attached hydrogens (tertiary/aromatic N) is 2. The summed E-state index contributed by atoms with van der Waals surface area (Å²) in [4.78, 5) is 26.7. The second-order valence-corrected chi connectivity index (χ2v) is 6.64. The Bertz CT molecular complexity index is 968. The highest BCUT2D eigenvalue weighted by atomic mass is 19.2. The van der Waals surface area contributed by atoms with Gasteiger partial charge >= 0.3 is 12.0 Å². The molecule has 28 heavy (non-hydrogen) atoms. The largest absolute Gasteiger partial charge is 0.459 e. The number of carbonyl (C=O) groups is 2. The van der Waals surface area contributed by atoms with Gasteiger partial charge in [0, 0.05) is 11.8 Å². The number of halogens is 2. The highest BCUT2D eigenvalue weighted by Crippen LogP contribution is 2.34. The van der Waals surface area contributed by atoms with Gasteiger partial charge in [-0.1, -0.05) is 11.2 Å². The van der Waals surface area contributed by atoms with Gasteiger partial charge in [0.15, 0.2) is 17.5 Å². The summed E-state index contributed by atoms with van der Waals surface area (Å²) in [5.41, 5.74) is 0.538. The highest BCUT2D eigenvalue weighted by molar-refractivity contribution is 6.02. The van der Waals surface area contributed by atoms with Crippen molar-refractivity contribution >= 4 is 17.8 Å². The molecule has 2 heterocycles. The standard InChI is InChI=1S/C19H19F2N3O4/c1-9(2)27-18(25)16-11(4)24(15-7-10(3)28-23-15)19(26)22-17(16)12-5-6-13(20)14(21)8-12/h5-9,17H,1-4H3,(H,22,26)/t17-/m1/s1. The van der Waals surface area contributed by atoms with Crippen LogP contribution in [0.25, 0.3) is 0 Å². The number of nitrogens with one attached hydrogen (secondary N) is 1. The van der Waals surface area contributed by atoms with E-state index in [2.05, 4.69) is 10.5 Å². The average molecular weight is 391 g/mol. The van der Waals surface area contributed by atoms with Crippen molar-refractivity contribution in [3.8, 4) is 0 Å². The van der Waals surface area contributed by atoms with Gasteiger partial charge in [-0.15, -0.1) is 0 Å². The minimum Gasteiger partial charge on any atom is -0.459 e. The molecule has 1 aliphatic heterocycles. The summed E-state index contributed by atoms with van der Waals surface area (Å²) in [6.07, 6.45) is -0.418. The number of allylic oxidation sites excluding steroid dienone is 1. The van der Waals surface area contributed by atoms with Crippen LogP contribution in [0.4, 0.5) is 19.4 Å². The first kappa shape index (κ1) is 19.5. The van der Waals surface area contributed by atoms with E-state index in [0.29, 0.717) is 5.76 Å². The molecule has 1 atom stereocenters.